The molecule has 2 amide bonds. The van der Waals surface area contributed by atoms with Gasteiger partial charge in [0.05, 0.1) is 11.1 Å². The number of halogens is 6. The topological polar surface area (TPSA) is 72.6 Å². The molecule has 1 heterocycles. The molecule has 2 aromatic carbocycles. The first-order valence-electron chi connectivity index (χ1n) is 9.02. The number of hydrogen-bond donors (Lipinski definition) is 1. The molecule has 0 unspecified atom stereocenters. The Morgan fingerprint density at radius 3 is 2.16 bits per heavy atom. The summed E-state index contributed by atoms with van der Waals surface area (Å²) in [5, 5.41) is 0. The fraction of sp³-hybridized carbons (Fsp3) is 0.300. The number of carbonyl (C=O) groups excluding carboxylic acids is 2. The van der Waals surface area contributed by atoms with E-state index in [-0.39, 0.29) is 18.2 Å². The molecule has 31 heavy (non-hydrogen) atoms. The fourth-order valence-electron chi connectivity index (χ4n) is 3.35. The molecule has 11 heteroatoms. The standard InChI is InChI=1S/C20H16F6N2O3/c21-19(22,23)11-7-12(20(24,25)26)9-13(8-11)31-10-17(29)28-6-2-4-14-15(18(27)30)3-1-5-16(14)28/h1,3,5,7-9H,2,4,6,10H2,(H2,27,30). The van der Waals surface area contributed by atoms with Gasteiger partial charge in [-0.3, -0.25) is 9.59 Å². The third-order valence-electron chi connectivity index (χ3n) is 4.74. The van der Waals surface area contributed by atoms with E-state index in [0.717, 1.165) is 0 Å². The van der Waals surface area contributed by atoms with E-state index in [1.165, 1.54) is 17.0 Å². The van der Waals surface area contributed by atoms with Crippen LogP contribution >= 0.6 is 0 Å². The van der Waals surface area contributed by atoms with Gasteiger partial charge in [-0.05, 0) is 48.7 Å². The Labute approximate surface area is 172 Å². The largest absolute Gasteiger partial charge is 0.484 e. The van der Waals surface area contributed by atoms with E-state index < -0.39 is 47.7 Å². The van der Waals surface area contributed by atoms with Crippen LogP contribution in [0.3, 0.4) is 0 Å². The number of carbonyl (C=O) groups is 2. The van der Waals surface area contributed by atoms with E-state index in [2.05, 4.69) is 0 Å². The number of nitrogens with two attached hydrogens (primary N) is 1. The van der Waals surface area contributed by atoms with Gasteiger partial charge in [0.15, 0.2) is 6.61 Å². The molecule has 166 valence electrons. The number of nitrogens with zero attached hydrogens (tertiary/aromatic N) is 1. The molecule has 0 saturated carbocycles. The van der Waals surface area contributed by atoms with Crippen LogP contribution in [0.25, 0.3) is 0 Å². The lowest BCUT2D eigenvalue weighted by atomic mass is 9.96. The minimum absolute atomic E-state index is 0.0269. The van der Waals surface area contributed by atoms with E-state index >= 15 is 0 Å². The van der Waals surface area contributed by atoms with Crippen LogP contribution in [0.4, 0.5) is 32.0 Å². The minimum atomic E-state index is -5.03. The second-order valence-corrected chi connectivity index (χ2v) is 6.85. The lowest BCUT2D eigenvalue weighted by Crippen LogP contribution is -2.39. The molecule has 0 aromatic heterocycles. The van der Waals surface area contributed by atoms with Gasteiger partial charge in [-0.2, -0.15) is 26.3 Å². The molecule has 2 aromatic rings. The Morgan fingerprint density at radius 1 is 1.00 bits per heavy atom. The number of primary amides is 1. The number of benzene rings is 2. The van der Waals surface area contributed by atoms with E-state index in [1.54, 1.807) is 6.07 Å². The third-order valence-corrected chi connectivity index (χ3v) is 4.74. The molecule has 2 N–H and O–H groups in total. The van der Waals surface area contributed by atoms with Crippen molar-refractivity contribution in [3.05, 3.63) is 58.7 Å². The summed E-state index contributed by atoms with van der Waals surface area (Å²) in [6, 6.07) is 5.38. The summed E-state index contributed by atoms with van der Waals surface area (Å²) in [6.07, 6.45) is -9.08. The first-order chi connectivity index (χ1) is 14.4. The molecule has 0 fully saturated rings. The van der Waals surface area contributed by atoms with E-state index in [0.29, 0.717) is 36.2 Å². The van der Waals surface area contributed by atoms with Gasteiger partial charge in [0.1, 0.15) is 5.75 Å². The fourth-order valence-corrected chi connectivity index (χ4v) is 3.35. The molecule has 5 nitrogen and oxygen atoms in total. The van der Waals surface area contributed by atoms with E-state index in [9.17, 15) is 35.9 Å². The SMILES string of the molecule is NC(=O)c1cccc2c1CCCN2C(=O)COc1cc(C(F)(F)F)cc(C(F)(F)F)c1. The first kappa shape index (κ1) is 22.4. The smallest absolute Gasteiger partial charge is 0.416 e. The van der Waals surface area contributed by atoms with Crippen molar-refractivity contribution >= 4 is 17.5 Å². The highest BCUT2D eigenvalue weighted by atomic mass is 19.4. The maximum Gasteiger partial charge on any atom is 0.416 e. The van der Waals surface area contributed by atoms with Crippen LogP contribution in [0.15, 0.2) is 36.4 Å². The Bertz CT molecular complexity index is 985. The average Bonchev–Trinajstić information content (AvgIpc) is 2.69. The van der Waals surface area contributed by atoms with Crippen LogP contribution in [-0.4, -0.2) is 25.0 Å². The van der Waals surface area contributed by atoms with Crippen molar-refractivity contribution < 1.29 is 40.7 Å². The molecule has 0 atom stereocenters. The highest BCUT2D eigenvalue weighted by molar-refractivity contribution is 6.00. The number of rotatable bonds is 4. The second-order valence-electron chi connectivity index (χ2n) is 6.85. The lowest BCUT2D eigenvalue weighted by molar-refractivity contribution is -0.143. The molecule has 0 aliphatic carbocycles. The quantitative estimate of drug-likeness (QED) is 0.717. The summed E-state index contributed by atoms with van der Waals surface area (Å²) in [4.78, 5) is 25.5. The van der Waals surface area contributed by atoms with Crippen LogP contribution in [0.5, 0.6) is 5.75 Å². The number of alkyl halides is 6. The summed E-state index contributed by atoms with van der Waals surface area (Å²) in [6.45, 7) is -0.549. The van der Waals surface area contributed by atoms with Gasteiger partial charge < -0.3 is 15.4 Å². The number of anilines is 1. The zero-order valence-electron chi connectivity index (χ0n) is 15.8. The molecule has 0 saturated heterocycles. The van der Waals surface area contributed by atoms with Crippen molar-refractivity contribution in [1.82, 2.24) is 0 Å². The zero-order chi connectivity index (χ0) is 23.0. The normalized spacial score (nSPS) is 14.2. The summed E-state index contributed by atoms with van der Waals surface area (Å²) in [5.74, 6) is -2.10. The van der Waals surface area contributed by atoms with Crippen molar-refractivity contribution in [2.45, 2.75) is 25.2 Å². The van der Waals surface area contributed by atoms with Gasteiger partial charge in [-0.1, -0.05) is 6.07 Å². The molecule has 0 bridgehead atoms. The predicted molar refractivity (Wildman–Crippen MR) is 97.6 cm³/mol. The van der Waals surface area contributed by atoms with Gasteiger partial charge in [0.25, 0.3) is 5.91 Å². The van der Waals surface area contributed by atoms with Crippen LogP contribution in [-0.2, 0) is 23.6 Å². The minimum Gasteiger partial charge on any atom is -0.484 e. The Morgan fingerprint density at radius 2 is 1.61 bits per heavy atom. The van der Waals surface area contributed by atoms with Crippen molar-refractivity contribution in [2.75, 3.05) is 18.1 Å². The maximum atomic E-state index is 13.0. The van der Waals surface area contributed by atoms with Crippen molar-refractivity contribution in [1.29, 1.82) is 0 Å². The predicted octanol–water partition coefficient (Wildman–Crippen LogP) is 4.18. The van der Waals surface area contributed by atoms with Gasteiger partial charge in [-0.25, -0.2) is 0 Å². The van der Waals surface area contributed by atoms with E-state index in [1.807, 2.05) is 0 Å². The summed E-state index contributed by atoms with van der Waals surface area (Å²) in [5.41, 5.74) is 3.44. The van der Waals surface area contributed by atoms with Crippen LogP contribution in [0.2, 0.25) is 0 Å². The van der Waals surface area contributed by atoms with Gasteiger partial charge in [0.2, 0.25) is 5.91 Å². The highest BCUT2D eigenvalue weighted by Gasteiger charge is 2.37. The molecular weight excluding hydrogens is 430 g/mol. The van der Waals surface area contributed by atoms with Crippen LogP contribution in [0, 0.1) is 0 Å². The molecule has 3 rings (SSSR count). The molecule has 0 spiro atoms. The summed E-state index contributed by atoms with van der Waals surface area (Å²) in [7, 11) is 0. The summed E-state index contributed by atoms with van der Waals surface area (Å²) < 4.78 is 82.8. The number of hydrogen-bond acceptors (Lipinski definition) is 3. The van der Waals surface area contributed by atoms with Crippen LogP contribution in [0.1, 0.15) is 33.5 Å². The average molecular weight is 446 g/mol. The van der Waals surface area contributed by atoms with Crippen molar-refractivity contribution in [3.63, 3.8) is 0 Å². The Balaban J connectivity index is 1.84. The maximum absolute atomic E-state index is 13.0. The second kappa shape index (κ2) is 8.12. The number of amides is 2. The lowest BCUT2D eigenvalue weighted by Gasteiger charge is -2.30. The van der Waals surface area contributed by atoms with Gasteiger partial charge in [-0.15, -0.1) is 0 Å². The third kappa shape index (κ3) is 4.92. The van der Waals surface area contributed by atoms with Crippen LogP contribution < -0.4 is 15.4 Å². The summed E-state index contributed by atoms with van der Waals surface area (Å²) >= 11 is 0. The van der Waals surface area contributed by atoms with Crippen molar-refractivity contribution in [2.24, 2.45) is 5.73 Å². The molecule has 1 aliphatic rings. The number of ether oxygens (including phenoxy) is 1. The number of fused-ring (bicyclic) bond motifs is 1. The van der Waals surface area contributed by atoms with Gasteiger partial charge >= 0.3 is 12.4 Å². The molecular formula is C20H16F6N2O3. The monoisotopic (exact) mass is 446 g/mol. The van der Waals surface area contributed by atoms with E-state index in [4.69, 9.17) is 10.5 Å². The molecule has 0 radical (unpaired) electrons. The Kier molecular flexibility index (Phi) is 5.88. The zero-order valence-corrected chi connectivity index (χ0v) is 15.8. The molecule has 1 aliphatic heterocycles. The van der Waals surface area contributed by atoms with Crippen molar-refractivity contribution in [3.8, 4) is 5.75 Å². The highest BCUT2D eigenvalue weighted by Crippen LogP contribution is 2.38. The Hall–Kier alpha value is -3.24. The first-order valence-corrected chi connectivity index (χ1v) is 9.02. The van der Waals surface area contributed by atoms with Gasteiger partial charge in [0, 0.05) is 17.8 Å².